The topological polar surface area (TPSA) is 46.2 Å². The monoisotopic (exact) mass is 181 g/mol. The summed E-state index contributed by atoms with van der Waals surface area (Å²) >= 11 is 1.69. The van der Waals surface area contributed by atoms with E-state index < -0.39 is 9.84 Å². The molecule has 3 nitrogen and oxygen atoms in total. The second-order valence-corrected chi connectivity index (χ2v) is 5.73. The number of thioether (sulfide) groups is 1. The van der Waals surface area contributed by atoms with Gasteiger partial charge < -0.3 is 0 Å². The molecule has 60 valence electrons. The van der Waals surface area contributed by atoms with Crippen LogP contribution in [0, 0.1) is 0 Å². The van der Waals surface area contributed by atoms with Crippen LogP contribution in [0.2, 0.25) is 0 Å². The van der Waals surface area contributed by atoms with Gasteiger partial charge in [-0.15, -0.1) is 0 Å². The Bertz CT molecular complexity index is 194. The van der Waals surface area contributed by atoms with Crippen molar-refractivity contribution in [1.82, 2.24) is 5.32 Å². The molecule has 1 fully saturated rings. The SMILES string of the molecule is CS(=O)(=O)[C@H]1CSCCN1. The Morgan fingerprint density at radius 1 is 1.60 bits per heavy atom. The van der Waals surface area contributed by atoms with E-state index in [0.29, 0.717) is 5.75 Å². The molecule has 1 heterocycles. The predicted molar refractivity (Wildman–Crippen MR) is 44.0 cm³/mol. The molecule has 0 bridgehead atoms. The van der Waals surface area contributed by atoms with Gasteiger partial charge in [0.1, 0.15) is 5.37 Å². The van der Waals surface area contributed by atoms with E-state index in [0.717, 1.165) is 12.3 Å². The molecule has 1 N–H and O–H groups in total. The Hall–Kier alpha value is 0.260. The van der Waals surface area contributed by atoms with E-state index in [-0.39, 0.29) is 5.37 Å². The highest BCUT2D eigenvalue weighted by atomic mass is 32.2. The lowest BCUT2D eigenvalue weighted by Crippen LogP contribution is -2.42. The molecule has 0 amide bonds. The molecule has 0 aliphatic carbocycles. The first-order valence-corrected chi connectivity index (χ1v) is 6.21. The van der Waals surface area contributed by atoms with Crippen LogP contribution in [-0.4, -0.2) is 38.1 Å². The number of sulfone groups is 1. The van der Waals surface area contributed by atoms with Gasteiger partial charge in [-0.2, -0.15) is 11.8 Å². The van der Waals surface area contributed by atoms with Crippen LogP contribution < -0.4 is 5.32 Å². The average Bonchev–Trinajstić information content (AvgIpc) is 1.88. The third-order valence-corrected chi connectivity index (χ3v) is 4.04. The molecule has 1 atom stereocenters. The molecule has 1 rings (SSSR count). The van der Waals surface area contributed by atoms with Crippen LogP contribution in [0.1, 0.15) is 0 Å². The molecule has 10 heavy (non-hydrogen) atoms. The summed E-state index contributed by atoms with van der Waals surface area (Å²) in [5.74, 6) is 1.71. The van der Waals surface area contributed by atoms with Crippen molar-refractivity contribution >= 4 is 21.6 Å². The number of rotatable bonds is 1. The summed E-state index contributed by atoms with van der Waals surface area (Å²) in [5, 5.41) is 2.64. The highest BCUT2D eigenvalue weighted by Gasteiger charge is 2.22. The first-order chi connectivity index (χ1) is 4.61. The highest BCUT2D eigenvalue weighted by Crippen LogP contribution is 2.10. The Morgan fingerprint density at radius 2 is 2.30 bits per heavy atom. The van der Waals surface area contributed by atoms with Gasteiger partial charge in [-0.1, -0.05) is 0 Å². The van der Waals surface area contributed by atoms with Crippen LogP contribution in [0.5, 0.6) is 0 Å². The largest absolute Gasteiger partial charge is 0.300 e. The van der Waals surface area contributed by atoms with Crippen molar-refractivity contribution < 1.29 is 8.42 Å². The van der Waals surface area contributed by atoms with Gasteiger partial charge in [-0.25, -0.2) is 8.42 Å². The summed E-state index contributed by atoms with van der Waals surface area (Å²) < 4.78 is 21.8. The minimum absolute atomic E-state index is 0.314. The minimum Gasteiger partial charge on any atom is -0.300 e. The number of nitrogens with one attached hydrogen (secondary N) is 1. The zero-order chi connectivity index (χ0) is 7.61. The van der Waals surface area contributed by atoms with Crippen molar-refractivity contribution in [3.63, 3.8) is 0 Å². The van der Waals surface area contributed by atoms with Crippen LogP contribution in [0.25, 0.3) is 0 Å². The van der Waals surface area contributed by atoms with E-state index in [2.05, 4.69) is 5.32 Å². The van der Waals surface area contributed by atoms with Crippen molar-refractivity contribution in [2.24, 2.45) is 0 Å². The quantitative estimate of drug-likeness (QED) is 0.603. The molecule has 0 aromatic rings. The van der Waals surface area contributed by atoms with Crippen LogP contribution in [0.3, 0.4) is 0 Å². The molecule has 0 aromatic heterocycles. The molecule has 0 radical (unpaired) electrons. The van der Waals surface area contributed by atoms with Gasteiger partial charge >= 0.3 is 0 Å². The number of hydrogen-bond donors (Lipinski definition) is 1. The smallest absolute Gasteiger partial charge is 0.164 e. The molecule has 5 heteroatoms. The van der Waals surface area contributed by atoms with Crippen LogP contribution in [0.4, 0.5) is 0 Å². The predicted octanol–water partition coefficient (Wildman–Crippen LogP) is -0.306. The Morgan fingerprint density at radius 3 is 2.60 bits per heavy atom. The third-order valence-electron chi connectivity index (χ3n) is 1.40. The highest BCUT2D eigenvalue weighted by molar-refractivity contribution is 8.00. The molecule has 0 unspecified atom stereocenters. The van der Waals surface area contributed by atoms with Crippen LogP contribution in [-0.2, 0) is 9.84 Å². The van der Waals surface area contributed by atoms with E-state index in [1.165, 1.54) is 6.26 Å². The first kappa shape index (κ1) is 8.36. The lowest BCUT2D eigenvalue weighted by atomic mass is 10.6. The summed E-state index contributed by atoms with van der Waals surface area (Å²) in [6, 6.07) is 0. The fraction of sp³-hybridized carbons (Fsp3) is 1.00. The molecule has 0 spiro atoms. The lowest BCUT2D eigenvalue weighted by molar-refractivity contribution is 0.570. The summed E-state index contributed by atoms with van der Waals surface area (Å²) in [4.78, 5) is 0. The molecule has 1 aliphatic rings. The van der Waals surface area contributed by atoms with Gasteiger partial charge in [0.2, 0.25) is 0 Å². The van der Waals surface area contributed by atoms with E-state index in [4.69, 9.17) is 0 Å². The third kappa shape index (κ3) is 2.14. The van der Waals surface area contributed by atoms with Crippen molar-refractivity contribution in [2.45, 2.75) is 5.37 Å². The van der Waals surface area contributed by atoms with Gasteiger partial charge in [0, 0.05) is 24.3 Å². The summed E-state index contributed by atoms with van der Waals surface area (Å²) in [6.45, 7) is 0.808. The van der Waals surface area contributed by atoms with Gasteiger partial charge in [0.25, 0.3) is 0 Å². The van der Waals surface area contributed by atoms with Crippen LogP contribution >= 0.6 is 11.8 Å². The number of hydrogen-bond acceptors (Lipinski definition) is 4. The minimum atomic E-state index is -2.86. The second kappa shape index (κ2) is 3.11. The van der Waals surface area contributed by atoms with E-state index in [1.54, 1.807) is 11.8 Å². The first-order valence-electron chi connectivity index (χ1n) is 3.11. The average molecular weight is 181 g/mol. The van der Waals surface area contributed by atoms with E-state index in [1.807, 2.05) is 0 Å². The van der Waals surface area contributed by atoms with Gasteiger partial charge in [0.15, 0.2) is 9.84 Å². The zero-order valence-corrected chi connectivity index (χ0v) is 7.46. The molecule has 1 saturated heterocycles. The maximum absolute atomic E-state index is 10.9. The fourth-order valence-electron chi connectivity index (χ4n) is 0.816. The fourth-order valence-corrected chi connectivity index (χ4v) is 3.28. The van der Waals surface area contributed by atoms with Crippen molar-refractivity contribution in [3.8, 4) is 0 Å². The molecule has 0 aromatic carbocycles. The Balaban J connectivity index is 2.56. The van der Waals surface area contributed by atoms with Gasteiger partial charge in [-0.3, -0.25) is 5.32 Å². The van der Waals surface area contributed by atoms with E-state index >= 15 is 0 Å². The second-order valence-electron chi connectivity index (χ2n) is 2.35. The van der Waals surface area contributed by atoms with Crippen molar-refractivity contribution in [1.29, 1.82) is 0 Å². The van der Waals surface area contributed by atoms with Crippen molar-refractivity contribution in [3.05, 3.63) is 0 Å². The lowest BCUT2D eigenvalue weighted by Gasteiger charge is -2.20. The standard InChI is InChI=1S/C5H11NO2S2/c1-10(7,8)5-4-9-3-2-6-5/h5-6H,2-4H2,1H3/t5-/m0/s1. The Kier molecular flexibility index (Phi) is 2.60. The van der Waals surface area contributed by atoms with Gasteiger partial charge in [0.05, 0.1) is 0 Å². The van der Waals surface area contributed by atoms with E-state index in [9.17, 15) is 8.42 Å². The zero-order valence-electron chi connectivity index (χ0n) is 5.83. The summed E-state index contributed by atoms with van der Waals surface area (Å²) in [5.41, 5.74) is 0. The Labute approximate surface area is 65.5 Å². The maximum Gasteiger partial charge on any atom is 0.164 e. The molecular weight excluding hydrogens is 170 g/mol. The summed E-state index contributed by atoms with van der Waals surface area (Å²) in [6.07, 6.45) is 1.27. The summed E-state index contributed by atoms with van der Waals surface area (Å²) in [7, 11) is -2.86. The molecular formula is C5H11NO2S2. The van der Waals surface area contributed by atoms with Crippen LogP contribution in [0.15, 0.2) is 0 Å². The normalized spacial score (nSPS) is 28.3. The molecule has 0 saturated carbocycles. The molecule has 1 aliphatic heterocycles. The van der Waals surface area contributed by atoms with Gasteiger partial charge in [-0.05, 0) is 0 Å². The maximum atomic E-state index is 10.9. The van der Waals surface area contributed by atoms with Crippen molar-refractivity contribution in [2.75, 3.05) is 24.3 Å².